The van der Waals surface area contributed by atoms with Gasteiger partial charge < -0.3 is 25.2 Å². The van der Waals surface area contributed by atoms with Gasteiger partial charge >= 0.3 is 6.61 Å². The van der Waals surface area contributed by atoms with Crippen LogP contribution in [0.4, 0.5) is 8.78 Å². The Labute approximate surface area is 207 Å². The topological polar surface area (TPSA) is 78.4 Å². The largest absolute Gasteiger partial charge is 0.435 e. The molecule has 0 bridgehead atoms. The van der Waals surface area contributed by atoms with Crippen LogP contribution < -0.4 is 15.4 Å². The van der Waals surface area contributed by atoms with Gasteiger partial charge in [-0.3, -0.25) is 9.89 Å². The summed E-state index contributed by atoms with van der Waals surface area (Å²) >= 11 is 0. The number of hydrogen-bond acceptors (Lipinski definition) is 5. The molecule has 2 unspecified atom stereocenters. The number of nitrogens with one attached hydrogen (secondary N) is 2. The van der Waals surface area contributed by atoms with E-state index < -0.39 is 12.7 Å². The molecular weight excluding hydrogens is 533 g/mol. The lowest BCUT2D eigenvalue weighted by atomic mass is 10.0. The molecule has 1 aromatic carbocycles. The van der Waals surface area contributed by atoms with Crippen LogP contribution in [-0.2, 0) is 4.74 Å². The molecule has 0 radical (unpaired) electrons. The minimum Gasteiger partial charge on any atom is -0.435 e. The van der Waals surface area contributed by atoms with Crippen LogP contribution in [0.25, 0.3) is 0 Å². The summed E-state index contributed by atoms with van der Waals surface area (Å²) in [6.07, 6.45) is 0.244. The number of ether oxygens (including phenoxy) is 2. The zero-order chi connectivity index (χ0) is 22.6. The Kier molecular flexibility index (Phi) is 14.0. The van der Waals surface area contributed by atoms with Crippen LogP contribution in [0.3, 0.4) is 0 Å². The van der Waals surface area contributed by atoms with E-state index in [1.165, 1.54) is 12.1 Å². The first-order chi connectivity index (χ1) is 14.9. The highest BCUT2D eigenvalue weighted by molar-refractivity contribution is 14.0. The number of aliphatic hydroxyl groups excluding tert-OH is 1. The standard InChI is InChI=1S/C22H36F2N4O3.HI/c1-4-25-22(26-14-18(13-16(2)3)28-9-11-30-12-10-28)27-15-20(29)17-5-7-19(8-6-17)31-21(23)24;/h5-8,16,18,20-21,29H,4,9-15H2,1-3H3,(H2,25,26,27);1H. The Morgan fingerprint density at radius 3 is 2.41 bits per heavy atom. The van der Waals surface area contributed by atoms with Crippen LogP contribution in [0.15, 0.2) is 29.3 Å². The Morgan fingerprint density at radius 1 is 1.19 bits per heavy atom. The highest BCUT2D eigenvalue weighted by Gasteiger charge is 2.22. The second kappa shape index (κ2) is 15.6. The van der Waals surface area contributed by atoms with E-state index in [1.54, 1.807) is 12.1 Å². The van der Waals surface area contributed by atoms with Gasteiger partial charge in [0, 0.05) is 32.2 Å². The average molecular weight is 570 g/mol. The molecule has 3 N–H and O–H groups in total. The van der Waals surface area contributed by atoms with Crippen molar-refractivity contribution in [3.63, 3.8) is 0 Å². The van der Waals surface area contributed by atoms with Crippen molar-refractivity contribution in [2.75, 3.05) is 45.9 Å². The lowest BCUT2D eigenvalue weighted by Gasteiger charge is -2.34. The molecule has 32 heavy (non-hydrogen) atoms. The highest BCUT2D eigenvalue weighted by Crippen LogP contribution is 2.19. The van der Waals surface area contributed by atoms with Gasteiger partial charge in [-0.05, 0) is 37.0 Å². The van der Waals surface area contributed by atoms with Crippen molar-refractivity contribution in [2.24, 2.45) is 10.9 Å². The van der Waals surface area contributed by atoms with Crippen LogP contribution in [0.1, 0.15) is 38.9 Å². The van der Waals surface area contributed by atoms with E-state index in [0.29, 0.717) is 36.6 Å². The van der Waals surface area contributed by atoms with Gasteiger partial charge in [-0.25, -0.2) is 0 Å². The van der Waals surface area contributed by atoms with Crippen molar-refractivity contribution >= 4 is 29.9 Å². The molecule has 1 saturated heterocycles. The van der Waals surface area contributed by atoms with E-state index in [9.17, 15) is 13.9 Å². The Morgan fingerprint density at radius 2 is 1.84 bits per heavy atom. The van der Waals surface area contributed by atoms with Gasteiger partial charge in [-0.2, -0.15) is 8.78 Å². The fraction of sp³-hybridized carbons (Fsp3) is 0.682. The Balaban J connectivity index is 0.00000512. The molecule has 1 aliphatic heterocycles. The zero-order valence-corrected chi connectivity index (χ0v) is 21.4. The van der Waals surface area contributed by atoms with Crippen molar-refractivity contribution in [2.45, 2.75) is 45.9 Å². The van der Waals surface area contributed by atoms with Crippen molar-refractivity contribution < 1.29 is 23.4 Å². The molecule has 1 aliphatic rings. The number of guanidine groups is 1. The predicted octanol–water partition coefficient (Wildman–Crippen LogP) is 3.24. The van der Waals surface area contributed by atoms with Gasteiger partial charge in [-0.15, -0.1) is 24.0 Å². The first kappa shape index (κ1) is 28.8. The third kappa shape index (κ3) is 10.6. The summed E-state index contributed by atoms with van der Waals surface area (Å²) in [5.41, 5.74) is 0.607. The number of alkyl halides is 2. The molecule has 1 heterocycles. The van der Waals surface area contributed by atoms with E-state index in [4.69, 9.17) is 9.73 Å². The smallest absolute Gasteiger partial charge is 0.387 e. The van der Waals surface area contributed by atoms with E-state index >= 15 is 0 Å². The summed E-state index contributed by atoms with van der Waals surface area (Å²) in [7, 11) is 0. The summed E-state index contributed by atoms with van der Waals surface area (Å²) in [5, 5.41) is 16.8. The second-order valence-electron chi connectivity index (χ2n) is 8.00. The number of nitrogens with zero attached hydrogens (tertiary/aromatic N) is 2. The van der Waals surface area contributed by atoms with E-state index in [0.717, 1.165) is 32.7 Å². The monoisotopic (exact) mass is 570 g/mol. The maximum Gasteiger partial charge on any atom is 0.387 e. The lowest BCUT2D eigenvalue weighted by molar-refractivity contribution is -0.0498. The molecule has 2 rings (SSSR count). The van der Waals surface area contributed by atoms with Crippen molar-refractivity contribution in [3.05, 3.63) is 29.8 Å². The number of rotatable bonds is 11. The second-order valence-corrected chi connectivity index (χ2v) is 8.00. The van der Waals surface area contributed by atoms with Crippen LogP contribution in [0, 0.1) is 5.92 Å². The molecule has 0 aromatic heterocycles. The highest BCUT2D eigenvalue weighted by atomic mass is 127. The number of benzene rings is 1. The predicted molar refractivity (Wildman–Crippen MR) is 133 cm³/mol. The van der Waals surface area contributed by atoms with Gasteiger partial charge in [0.2, 0.25) is 0 Å². The minimum absolute atomic E-state index is 0. The number of aliphatic imine (C=N–C) groups is 1. The van der Waals surface area contributed by atoms with Gasteiger partial charge in [0.15, 0.2) is 5.96 Å². The van der Waals surface area contributed by atoms with Gasteiger partial charge in [-0.1, -0.05) is 26.0 Å². The van der Waals surface area contributed by atoms with E-state index in [-0.39, 0.29) is 36.3 Å². The summed E-state index contributed by atoms with van der Waals surface area (Å²) in [6, 6.07) is 6.33. The molecular formula is C22H37F2IN4O3. The summed E-state index contributed by atoms with van der Waals surface area (Å²) < 4.78 is 34.4. The Hall–Kier alpha value is -1.24. The average Bonchev–Trinajstić information content (AvgIpc) is 2.75. The van der Waals surface area contributed by atoms with Crippen LogP contribution in [-0.4, -0.2) is 74.6 Å². The molecule has 10 heteroatoms. The molecule has 7 nitrogen and oxygen atoms in total. The van der Waals surface area contributed by atoms with Crippen LogP contribution in [0.5, 0.6) is 5.75 Å². The normalized spacial score (nSPS) is 17.1. The first-order valence-electron chi connectivity index (χ1n) is 11.0. The third-order valence-corrected chi connectivity index (χ3v) is 5.06. The molecule has 0 saturated carbocycles. The van der Waals surface area contributed by atoms with Gasteiger partial charge in [0.25, 0.3) is 0 Å². The number of halogens is 3. The minimum atomic E-state index is -2.87. The Bertz CT molecular complexity index is 659. The van der Waals surface area contributed by atoms with Crippen LogP contribution >= 0.6 is 24.0 Å². The SMILES string of the molecule is CCNC(=NCC(CC(C)C)N1CCOCC1)NCC(O)c1ccc(OC(F)F)cc1.I. The van der Waals surface area contributed by atoms with Crippen molar-refractivity contribution in [1.29, 1.82) is 0 Å². The first-order valence-corrected chi connectivity index (χ1v) is 11.0. The molecule has 1 aromatic rings. The quantitative estimate of drug-likeness (QED) is 0.216. The third-order valence-electron chi connectivity index (χ3n) is 5.06. The molecule has 0 amide bonds. The van der Waals surface area contributed by atoms with Crippen molar-refractivity contribution in [3.8, 4) is 5.75 Å². The van der Waals surface area contributed by atoms with Crippen LogP contribution in [0.2, 0.25) is 0 Å². The molecule has 1 fully saturated rings. The van der Waals surface area contributed by atoms with E-state index in [1.807, 2.05) is 6.92 Å². The molecule has 2 atom stereocenters. The maximum atomic E-state index is 12.3. The summed E-state index contributed by atoms with van der Waals surface area (Å²) in [4.78, 5) is 7.19. The lowest BCUT2D eigenvalue weighted by Crippen LogP contribution is -2.46. The number of aliphatic hydroxyl groups is 1. The zero-order valence-electron chi connectivity index (χ0n) is 19.1. The molecule has 184 valence electrons. The molecule has 0 aliphatic carbocycles. The fourth-order valence-corrected chi connectivity index (χ4v) is 3.55. The van der Waals surface area contributed by atoms with Crippen molar-refractivity contribution in [1.82, 2.24) is 15.5 Å². The van der Waals surface area contributed by atoms with Gasteiger partial charge in [0.05, 0.1) is 25.9 Å². The summed E-state index contributed by atoms with van der Waals surface area (Å²) in [6.45, 7) is 8.50. The number of morpholine rings is 1. The maximum absolute atomic E-state index is 12.3. The fourth-order valence-electron chi connectivity index (χ4n) is 3.55. The number of hydrogen-bond donors (Lipinski definition) is 3. The summed E-state index contributed by atoms with van der Waals surface area (Å²) in [5.74, 6) is 1.27. The van der Waals surface area contributed by atoms with E-state index in [2.05, 4.69) is 34.1 Å². The molecule has 0 spiro atoms. The van der Waals surface area contributed by atoms with Gasteiger partial charge in [0.1, 0.15) is 5.75 Å².